The van der Waals surface area contributed by atoms with Gasteiger partial charge in [-0.25, -0.2) is 8.42 Å². The summed E-state index contributed by atoms with van der Waals surface area (Å²) in [4.78, 5) is 12.3. The van der Waals surface area contributed by atoms with Gasteiger partial charge < -0.3 is 5.32 Å². The van der Waals surface area contributed by atoms with Crippen LogP contribution in [-0.2, 0) is 14.6 Å². The van der Waals surface area contributed by atoms with E-state index < -0.39 is 9.84 Å². The fraction of sp³-hybridized carbons (Fsp3) is 0.611. The number of sulfone groups is 1. The average molecular weight is 370 g/mol. The number of rotatable bonds is 6. The molecule has 0 aliphatic carbocycles. The predicted octanol–water partition coefficient (Wildman–Crippen LogP) is 3.20. The maximum atomic E-state index is 12.3. The Morgan fingerprint density at radius 3 is 2.50 bits per heavy atom. The fourth-order valence-electron chi connectivity index (χ4n) is 2.87. The minimum Gasteiger partial charge on any atom is -0.349 e. The van der Waals surface area contributed by atoms with E-state index in [1.807, 2.05) is 30.3 Å². The van der Waals surface area contributed by atoms with Crippen LogP contribution in [0.15, 0.2) is 30.3 Å². The van der Waals surface area contributed by atoms with Crippen LogP contribution in [0, 0.1) is 5.41 Å². The van der Waals surface area contributed by atoms with Crippen molar-refractivity contribution in [2.45, 2.75) is 44.9 Å². The molecule has 2 atom stereocenters. The number of carbonyl (C=O) groups excluding carboxylic acids is 1. The van der Waals surface area contributed by atoms with E-state index in [4.69, 9.17) is 0 Å². The van der Waals surface area contributed by atoms with Gasteiger partial charge in [0.15, 0.2) is 9.84 Å². The number of carbonyl (C=O) groups is 1. The number of nitrogens with one attached hydrogen (secondary N) is 1. The summed E-state index contributed by atoms with van der Waals surface area (Å²) in [5, 5.41) is 3.18. The molecule has 0 radical (unpaired) electrons. The van der Waals surface area contributed by atoms with Crippen LogP contribution < -0.4 is 5.32 Å². The second kappa shape index (κ2) is 7.91. The second-order valence-electron chi connectivity index (χ2n) is 7.63. The molecule has 0 saturated carbocycles. The molecule has 0 unspecified atom stereocenters. The molecule has 4 nitrogen and oxygen atoms in total. The molecule has 0 bridgehead atoms. The molecule has 1 aliphatic rings. The highest BCUT2D eigenvalue weighted by Gasteiger charge is 2.29. The van der Waals surface area contributed by atoms with Gasteiger partial charge in [0, 0.05) is 5.25 Å². The fourth-order valence-corrected chi connectivity index (χ4v) is 6.33. The maximum absolute atomic E-state index is 12.3. The zero-order valence-electron chi connectivity index (χ0n) is 14.6. The van der Waals surface area contributed by atoms with Crippen LogP contribution >= 0.6 is 11.8 Å². The molecule has 6 heteroatoms. The molecule has 1 heterocycles. The zero-order valence-corrected chi connectivity index (χ0v) is 16.3. The lowest BCUT2D eigenvalue weighted by Gasteiger charge is -2.27. The average Bonchev–Trinajstić information content (AvgIpc) is 2.83. The van der Waals surface area contributed by atoms with Gasteiger partial charge in [-0.05, 0) is 23.8 Å². The third-order valence-electron chi connectivity index (χ3n) is 3.99. The van der Waals surface area contributed by atoms with Gasteiger partial charge >= 0.3 is 0 Å². The van der Waals surface area contributed by atoms with E-state index in [0.29, 0.717) is 12.2 Å². The molecular formula is C18H27NO3S2. The molecule has 1 fully saturated rings. The lowest BCUT2D eigenvalue weighted by atomic mass is 9.85. The summed E-state index contributed by atoms with van der Waals surface area (Å²) < 4.78 is 23.0. The van der Waals surface area contributed by atoms with Gasteiger partial charge in [0.05, 0.1) is 23.3 Å². The van der Waals surface area contributed by atoms with Crippen molar-refractivity contribution >= 4 is 27.5 Å². The first-order valence-corrected chi connectivity index (χ1v) is 11.2. The first-order valence-electron chi connectivity index (χ1n) is 8.31. The molecule has 1 amide bonds. The smallest absolute Gasteiger partial charge is 0.230 e. The molecule has 0 aromatic heterocycles. The molecule has 1 aromatic rings. The van der Waals surface area contributed by atoms with Crippen molar-refractivity contribution in [3.63, 3.8) is 0 Å². The van der Waals surface area contributed by atoms with Gasteiger partial charge in [-0.15, -0.1) is 11.8 Å². The van der Waals surface area contributed by atoms with E-state index >= 15 is 0 Å². The van der Waals surface area contributed by atoms with Gasteiger partial charge in [-0.3, -0.25) is 4.79 Å². The number of hydrogen-bond acceptors (Lipinski definition) is 4. The van der Waals surface area contributed by atoms with Crippen molar-refractivity contribution in [1.29, 1.82) is 0 Å². The van der Waals surface area contributed by atoms with Crippen LogP contribution in [0.4, 0.5) is 0 Å². The van der Waals surface area contributed by atoms with E-state index in [9.17, 15) is 13.2 Å². The van der Waals surface area contributed by atoms with E-state index in [1.54, 1.807) is 0 Å². The minimum absolute atomic E-state index is 0.0217. The summed E-state index contributed by atoms with van der Waals surface area (Å²) in [6.07, 6.45) is 1.51. The van der Waals surface area contributed by atoms with Gasteiger partial charge in [0.1, 0.15) is 0 Å². The highest BCUT2D eigenvalue weighted by atomic mass is 32.2. The standard InChI is InChI=1S/C18H27NO3S2/c1-18(2,3)11-16(14-7-5-4-6-8-14)19-17(20)12-23-15-9-10-24(21,22)13-15/h4-8,15-16H,9-13H2,1-3H3,(H,19,20)/t15-,16+/m0/s1. The summed E-state index contributed by atoms with van der Waals surface area (Å²) in [5.41, 5.74) is 1.20. The van der Waals surface area contributed by atoms with Crippen molar-refractivity contribution in [3.05, 3.63) is 35.9 Å². The third kappa shape index (κ3) is 6.48. The Labute approximate surface area is 149 Å². The summed E-state index contributed by atoms with van der Waals surface area (Å²) in [5.74, 6) is 0.744. The van der Waals surface area contributed by atoms with Gasteiger partial charge in [0.25, 0.3) is 0 Å². The first kappa shape index (κ1) is 19.3. The molecule has 1 aliphatic heterocycles. The van der Waals surface area contributed by atoms with Gasteiger partial charge in [-0.1, -0.05) is 51.1 Å². The van der Waals surface area contributed by atoms with Crippen molar-refractivity contribution in [2.24, 2.45) is 5.41 Å². The van der Waals surface area contributed by atoms with Crippen molar-refractivity contribution in [1.82, 2.24) is 5.32 Å². The SMILES string of the molecule is CC(C)(C)C[C@@H](NC(=O)CS[C@H]1CCS(=O)(=O)C1)c1ccccc1. The molecule has 2 rings (SSSR count). The van der Waals surface area contributed by atoms with Gasteiger partial charge in [0.2, 0.25) is 5.91 Å². The lowest BCUT2D eigenvalue weighted by molar-refractivity contribution is -0.119. The first-order chi connectivity index (χ1) is 11.1. The minimum atomic E-state index is -2.89. The maximum Gasteiger partial charge on any atom is 0.230 e. The van der Waals surface area contributed by atoms with Crippen LogP contribution in [0.25, 0.3) is 0 Å². The number of benzene rings is 1. The Balaban J connectivity index is 1.92. The molecule has 1 N–H and O–H groups in total. The molecular weight excluding hydrogens is 342 g/mol. The number of thioether (sulfide) groups is 1. The predicted molar refractivity (Wildman–Crippen MR) is 101 cm³/mol. The normalized spacial score (nSPS) is 21.4. The molecule has 134 valence electrons. The van der Waals surface area contributed by atoms with Crippen LogP contribution in [0.1, 0.15) is 45.2 Å². The monoisotopic (exact) mass is 369 g/mol. The summed E-state index contributed by atoms with van der Waals surface area (Å²) >= 11 is 1.46. The molecule has 1 aromatic carbocycles. The molecule has 1 saturated heterocycles. The zero-order chi connectivity index (χ0) is 17.8. The summed E-state index contributed by atoms with van der Waals surface area (Å²) in [6, 6.07) is 9.98. The number of amides is 1. The largest absolute Gasteiger partial charge is 0.349 e. The topological polar surface area (TPSA) is 63.2 Å². The van der Waals surface area contributed by atoms with Crippen LogP contribution in [0.5, 0.6) is 0 Å². The van der Waals surface area contributed by atoms with Crippen LogP contribution in [0.3, 0.4) is 0 Å². The van der Waals surface area contributed by atoms with E-state index in [-0.39, 0.29) is 34.1 Å². The van der Waals surface area contributed by atoms with Crippen molar-refractivity contribution in [2.75, 3.05) is 17.3 Å². The third-order valence-corrected chi connectivity index (χ3v) is 7.28. The van der Waals surface area contributed by atoms with Crippen LogP contribution in [-0.4, -0.2) is 36.8 Å². The van der Waals surface area contributed by atoms with Crippen LogP contribution in [0.2, 0.25) is 0 Å². The lowest BCUT2D eigenvalue weighted by Crippen LogP contribution is -2.33. The van der Waals surface area contributed by atoms with Gasteiger partial charge in [-0.2, -0.15) is 0 Å². The van der Waals surface area contributed by atoms with E-state index in [2.05, 4.69) is 26.1 Å². The highest BCUT2D eigenvalue weighted by molar-refractivity contribution is 8.02. The molecule has 24 heavy (non-hydrogen) atoms. The Bertz CT molecular complexity index is 651. The van der Waals surface area contributed by atoms with Crippen molar-refractivity contribution < 1.29 is 13.2 Å². The molecule has 0 spiro atoms. The summed E-state index contributed by atoms with van der Waals surface area (Å²) in [6.45, 7) is 6.48. The number of hydrogen-bond donors (Lipinski definition) is 1. The Hall–Kier alpha value is -1.01. The highest BCUT2D eigenvalue weighted by Crippen LogP contribution is 2.30. The second-order valence-corrected chi connectivity index (χ2v) is 11.1. The van der Waals surface area contributed by atoms with E-state index in [1.165, 1.54) is 11.8 Å². The quantitative estimate of drug-likeness (QED) is 0.836. The van der Waals surface area contributed by atoms with Crippen molar-refractivity contribution in [3.8, 4) is 0 Å². The Morgan fingerprint density at radius 2 is 1.96 bits per heavy atom. The summed E-state index contributed by atoms with van der Waals surface area (Å²) in [7, 11) is -2.89. The Morgan fingerprint density at radius 1 is 1.29 bits per heavy atom. The Kier molecular flexibility index (Phi) is 6.37. The van der Waals surface area contributed by atoms with E-state index in [0.717, 1.165) is 12.0 Å².